The van der Waals surface area contributed by atoms with Crippen molar-refractivity contribution in [3.05, 3.63) is 53.6 Å². The van der Waals surface area contributed by atoms with Gasteiger partial charge in [0.1, 0.15) is 0 Å². The van der Waals surface area contributed by atoms with Crippen LogP contribution < -0.4 is 10.6 Å². The molecule has 0 unspecified atom stereocenters. The molecule has 0 saturated heterocycles. The van der Waals surface area contributed by atoms with E-state index in [1.54, 1.807) is 0 Å². The van der Waals surface area contributed by atoms with Crippen LogP contribution in [0.4, 0.5) is 17.1 Å². The number of rotatable bonds is 1. The molecule has 0 atom stereocenters. The summed E-state index contributed by atoms with van der Waals surface area (Å²) in [6.07, 6.45) is 0. The van der Waals surface area contributed by atoms with Crippen molar-refractivity contribution in [1.82, 2.24) is 0 Å². The lowest BCUT2D eigenvalue weighted by molar-refractivity contribution is 0.626. The first kappa shape index (κ1) is 12.1. The molecule has 2 aromatic carbocycles. The molecule has 0 amide bonds. The second-order valence-electron chi connectivity index (χ2n) is 5.63. The zero-order chi connectivity index (χ0) is 13.6. The van der Waals surface area contributed by atoms with E-state index >= 15 is 0 Å². The van der Waals surface area contributed by atoms with Crippen molar-refractivity contribution in [1.29, 1.82) is 0 Å². The lowest BCUT2D eigenvalue weighted by Gasteiger charge is -2.42. The Morgan fingerprint density at radius 2 is 1.68 bits per heavy atom. The number of nitrogens with zero attached hydrogens (tertiary/aromatic N) is 1. The quantitative estimate of drug-likeness (QED) is 0.775. The smallest absolute Gasteiger partial charge is 0.0685 e. The molecule has 0 radical (unpaired) electrons. The molecular weight excluding hydrogens is 232 g/mol. The molecule has 1 aliphatic heterocycles. The van der Waals surface area contributed by atoms with Gasteiger partial charge in [-0.25, -0.2) is 0 Å². The van der Waals surface area contributed by atoms with Gasteiger partial charge in [-0.15, -0.1) is 0 Å². The van der Waals surface area contributed by atoms with Gasteiger partial charge in [0, 0.05) is 17.6 Å². The zero-order valence-corrected chi connectivity index (χ0v) is 11.8. The maximum absolute atomic E-state index is 6.24. The molecule has 2 aromatic rings. The molecule has 3 rings (SSSR count). The molecule has 0 aliphatic carbocycles. The van der Waals surface area contributed by atoms with Crippen molar-refractivity contribution in [2.75, 3.05) is 17.2 Å². The standard InChI is InChI=1S/C17H20N2/c1-4-19-15-11-6-5-8-12(15)17(2,3)13-9-7-10-14(18)16(13)19/h5-11H,4,18H2,1-3H3. The first-order valence-electron chi connectivity index (χ1n) is 6.83. The molecule has 2 N–H and O–H groups in total. The van der Waals surface area contributed by atoms with Gasteiger partial charge in [0.25, 0.3) is 0 Å². The Bertz CT molecular complexity index is 629. The highest BCUT2D eigenvalue weighted by molar-refractivity contribution is 5.85. The lowest BCUT2D eigenvalue weighted by atomic mass is 9.73. The summed E-state index contributed by atoms with van der Waals surface area (Å²) < 4.78 is 0. The van der Waals surface area contributed by atoms with Crippen molar-refractivity contribution < 1.29 is 0 Å². The van der Waals surface area contributed by atoms with Gasteiger partial charge in [0.15, 0.2) is 0 Å². The normalized spacial score (nSPS) is 15.8. The predicted molar refractivity (Wildman–Crippen MR) is 82.1 cm³/mol. The van der Waals surface area contributed by atoms with Crippen LogP contribution in [0.25, 0.3) is 0 Å². The monoisotopic (exact) mass is 252 g/mol. The summed E-state index contributed by atoms with van der Waals surface area (Å²) >= 11 is 0. The Kier molecular flexibility index (Phi) is 2.56. The number of fused-ring (bicyclic) bond motifs is 2. The SMILES string of the molecule is CCN1c2ccccc2C(C)(C)c2cccc(N)c21. The van der Waals surface area contributed by atoms with Crippen LogP contribution in [0.1, 0.15) is 31.9 Å². The summed E-state index contributed by atoms with van der Waals surface area (Å²) in [7, 11) is 0. The van der Waals surface area contributed by atoms with Crippen LogP contribution in [0.3, 0.4) is 0 Å². The van der Waals surface area contributed by atoms with E-state index in [-0.39, 0.29) is 5.41 Å². The highest BCUT2D eigenvalue weighted by Crippen LogP contribution is 2.50. The van der Waals surface area contributed by atoms with Crippen molar-refractivity contribution in [2.24, 2.45) is 0 Å². The van der Waals surface area contributed by atoms with Gasteiger partial charge in [-0.2, -0.15) is 0 Å². The predicted octanol–water partition coefficient (Wildman–Crippen LogP) is 4.07. The maximum Gasteiger partial charge on any atom is 0.0685 e. The van der Waals surface area contributed by atoms with Crippen LogP contribution in [-0.2, 0) is 5.41 Å². The second kappa shape index (κ2) is 4.02. The fourth-order valence-corrected chi connectivity index (χ4v) is 3.20. The summed E-state index contributed by atoms with van der Waals surface area (Å²) in [6.45, 7) is 7.65. The first-order chi connectivity index (χ1) is 9.07. The Hall–Kier alpha value is -1.96. The summed E-state index contributed by atoms with van der Waals surface area (Å²) in [5.41, 5.74) is 12.2. The van der Waals surface area contributed by atoms with E-state index < -0.39 is 0 Å². The summed E-state index contributed by atoms with van der Waals surface area (Å²) in [5, 5.41) is 0. The number of para-hydroxylation sites is 2. The fourth-order valence-electron chi connectivity index (χ4n) is 3.20. The molecule has 2 nitrogen and oxygen atoms in total. The largest absolute Gasteiger partial charge is 0.397 e. The van der Waals surface area contributed by atoms with Gasteiger partial charge < -0.3 is 10.6 Å². The number of hydrogen-bond donors (Lipinski definition) is 1. The third-order valence-electron chi connectivity index (χ3n) is 4.19. The molecule has 0 aromatic heterocycles. The molecule has 2 heteroatoms. The van der Waals surface area contributed by atoms with Crippen LogP contribution in [0.2, 0.25) is 0 Å². The van der Waals surface area contributed by atoms with Gasteiger partial charge in [0.2, 0.25) is 0 Å². The molecule has 1 heterocycles. The van der Waals surface area contributed by atoms with Gasteiger partial charge in [-0.1, -0.05) is 44.2 Å². The third-order valence-corrected chi connectivity index (χ3v) is 4.19. The Balaban J connectivity index is 2.37. The highest BCUT2D eigenvalue weighted by atomic mass is 15.2. The van der Waals surface area contributed by atoms with Gasteiger partial charge in [-0.05, 0) is 30.2 Å². The van der Waals surface area contributed by atoms with E-state index in [1.807, 2.05) is 6.07 Å². The lowest BCUT2D eigenvalue weighted by Crippen LogP contribution is -2.33. The molecule has 98 valence electrons. The van der Waals surface area contributed by atoms with Crippen LogP contribution in [0.5, 0.6) is 0 Å². The molecule has 0 saturated carbocycles. The maximum atomic E-state index is 6.24. The van der Waals surface area contributed by atoms with Crippen LogP contribution in [0.15, 0.2) is 42.5 Å². The number of hydrogen-bond acceptors (Lipinski definition) is 2. The van der Waals surface area contributed by atoms with Crippen molar-refractivity contribution in [3.8, 4) is 0 Å². The molecule has 0 fully saturated rings. The average Bonchev–Trinajstić information content (AvgIpc) is 2.41. The molecular formula is C17H20N2. The summed E-state index contributed by atoms with van der Waals surface area (Å²) in [5.74, 6) is 0. The molecule has 0 bridgehead atoms. The summed E-state index contributed by atoms with van der Waals surface area (Å²) in [4.78, 5) is 2.32. The van der Waals surface area contributed by atoms with Crippen molar-refractivity contribution in [2.45, 2.75) is 26.2 Å². The third kappa shape index (κ3) is 1.56. The fraction of sp³-hybridized carbons (Fsp3) is 0.294. The Morgan fingerprint density at radius 1 is 1.00 bits per heavy atom. The minimum atomic E-state index is -0.00697. The zero-order valence-electron chi connectivity index (χ0n) is 11.8. The van der Waals surface area contributed by atoms with Gasteiger partial charge >= 0.3 is 0 Å². The van der Waals surface area contributed by atoms with Crippen LogP contribution in [0, 0.1) is 0 Å². The topological polar surface area (TPSA) is 29.3 Å². The average molecular weight is 252 g/mol. The van der Waals surface area contributed by atoms with Gasteiger partial charge in [-0.3, -0.25) is 0 Å². The van der Waals surface area contributed by atoms with E-state index in [0.29, 0.717) is 0 Å². The molecule has 0 spiro atoms. The molecule has 1 aliphatic rings. The van der Waals surface area contributed by atoms with Gasteiger partial charge in [0.05, 0.1) is 11.4 Å². The summed E-state index contributed by atoms with van der Waals surface area (Å²) in [6, 6.07) is 14.9. The highest BCUT2D eigenvalue weighted by Gasteiger charge is 2.36. The van der Waals surface area contributed by atoms with E-state index in [1.165, 1.54) is 22.5 Å². The van der Waals surface area contributed by atoms with Crippen molar-refractivity contribution in [3.63, 3.8) is 0 Å². The first-order valence-corrected chi connectivity index (χ1v) is 6.83. The number of benzene rings is 2. The van der Waals surface area contributed by atoms with E-state index in [0.717, 1.165) is 12.2 Å². The second-order valence-corrected chi connectivity index (χ2v) is 5.63. The number of nitrogens with two attached hydrogens (primary N) is 1. The van der Waals surface area contributed by atoms with E-state index in [9.17, 15) is 0 Å². The number of nitrogen functional groups attached to an aromatic ring is 1. The van der Waals surface area contributed by atoms with Crippen LogP contribution >= 0.6 is 0 Å². The van der Waals surface area contributed by atoms with Crippen LogP contribution in [-0.4, -0.2) is 6.54 Å². The minimum absolute atomic E-state index is 0.00697. The number of anilines is 3. The Morgan fingerprint density at radius 3 is 2.42 bits per heavy atom. The molecule has 19 heavy (non-hydrogen) atoms. The Labute approximate surface area is 114 Å². The van der Waals surface area contributed by atoms with E-state index in [2.05, 4.69) is 62.1 Å². The van der Waals surface area contributed by atoms with Crippen molar-refractivity contribution >= 4 is 17.1 Å². The van der Waals surface area contributed by atoms with E-state index in [4.69, 9.17) is 5.73 Å². The minimum Gasteiger partial charge on any atom is -0.397 e.